The fourth-order valence-corrected chi connectivity index (χ4v) is 8.01. The molecule has 0 radical (unpaired) electrons. The number of hydrogen-bond donors (Lipinski definition) is 2. The monoisotopic (exact) mass is 696 g/mol. The van der Waals surface area contributed by atoms with E-state index in [1.54, 1.807) is 6.20 Å². The fraction of sp³-hybridized carbons (Fsp3) is 0.0417. The Balaban J connectivity index is 1.05. The van der Waals surface area contributed by atoms with Gasteiger partial charge in [-0.15, -0.1) is 0 Å². The molecule has 10 aromatic rings. The van der Waals surface area contributed by atoms with Crippen molar-refractivity contribution in [3.8, 4) is 22.3 Å². The molecule has 0 spiro atoms. The summed E-state index contributed by atoms with van der Waals surface area (Å²) in [5.41, 5.74) is 10.8. The van der Waals surface area contributed by atoms with Crippen LogP contribution >= 0.6 is 0 Å². The molecule has 256 valence electrons. The Morgan fingerprint density at radius 1 is 0.481 bits per heavy atom. The average Bonchev–Trinajstić information content (AvgIpc) is 3.82. The van der Waals surface area contributed by atoms with Crippen molar-refractivity contribution >= 4 is 60.5 Å². The van der Waals surface area contributed by atoms with Gasteiger partial charge < -0.3 is 14.2 Å². The molecule has 6 nitrogen and oxygen atoms in total. The van der Waals surface area contributed by atoms with Gasteiger partial charge in [0.1, 0.15) is 34.9 Å². The van der Waals surface area contributed by atoms with Crippen LogP contribution in [0.1, 0.15) is 29.0 Å². The number of hydrogen-bond acceptors (Lipinski definition) is 6. The number of fused-ring (bicyclic) bond motifs is 7. The first kappa shape index (κ1) is 30.6. The zero-order valence-corrected chi connectivity index (χ0v) is 29.0. The van der Waals surface area contributed by atoms with Crippen LogP contribution in [-0.4, -0.2) is 10.8 Å². The summed E-state index contributed by atoms with van der Waals surface area (Å²) in [6.07, 6.45) is 3.05. The van der Waals surface area contributed by atoms with Gasteiger partial charge in [0, 0.05) is 38.9 Å². The van der Waals surface area contributed by atoms with Crippen LogP contribution in [-0.2, 0) is 0 Å². The van der Waals surface area contributed by atoms with Crippen molar-refractivity contribution in [2.75, 3.05) is 0 Å². The number of benzene rings is 7. The maximum atomic E-state index is 6.53. The van der Waals surface area contributed by atoms with Gasteiger partial charge in [-0.3, -0.25) is 10.3 Å². The average molecular weight is 697 g/mol. The number of rotatable bonds is 5. The summed E-state index contributed by atoms with van der Waals surface area (Å²) in [4.78, 5) is 10.0. The Labute approximate surface area is 310 Å². The van der Waals surface area contributed by atoms with E-state index < -0.39 is 0 Å². The van der Waals surface area contributed by atoms with Crippen molar-refractivity contribution < 1.29 is 8.83 Å². The van der Waals surface area contributed by atoms with Crippen LogP contribution in [0, 0.1) is 0 Å². The van der Waals surface area contributed by atoms with Gasteiger partial charge in [0.25, 0.3) is 0 Å². The molecule has 54 heavy (non-hydrogen) atoms. The van der Waals surface area contributed by atoms with Crippen molar-refractivity contribution in [1.82, 2.24) is 15.6 Å². The highest BCUT2D eigenvalue weighted by Crippen LogP contribution is 2.38. The molecule has 6 heteroatoms. The van der Waals surface area contributed by atoms with Gasteiger partial charge >= 0.3 is 0 Å². The van der Waals surface area contributed by atoms with Gasteiger partial charge in [0.2, 0.25) is 0 Å². The highest BCUT2D eigenvalue weighted by atomic mass is 16.3. The van der Waals surface area contributed by atoms with Gasteiger partial charge in [-0.05, 0) is 68.9 Å². The fourth-order valence-electron chi connectivity index (χ4n) is 8.01. The second kappa shape index (κ2) is 12.3. The molecule has 0 saturated carbocycles. The minimum Gasteiger partial charge on any atom is -0.456 e. The molecule has 2 atom stereocenters. The lowest BCUT2D eigenvalue weighted by molar-refractivity contribution is 0.411. The molecule has 2 unspecified atom stereocenters. The van der Waals surface area contributed by atoms with E-state index in [1.807, 2.05) is 30.5 Å². The van der Waals surface area contributed by atoms with E-state index in [4.69, 9.17) is 13.8 Å². The number of nitrogens with one attached hydrogen (secondary N) is 2. The first-order valence-corrected chi connectivity index (χ1v) is 18.2. The number of aromatic nitrogens is 1. The van der Waals surface area contributed by atoms with Crippen LogP contribution in [0.5, 0.6) is 0 Å². The highest BCUT2D eigenvalue weighted by Gasteiger charge is 2.29. The largest absolute Gasteiger partial charge is 0.456 e. The molecule has 11 rings (SSSR count). The third-order valence-corrected chi connectivity index (χ3v) is 10.7. The van der Waals surface area contributed by atoms with Crippen LogP contribution in [0.15, 0.2) is 184 Å². The Morgan fingerprint density at radius 3 is 2.09 bits per heavy atom. The summed E-state index contributed by atoms with van der Waals surface area (Å²) in [6.45, 7) is 0. The molecule has 3 aromatic heterocycles. The second-order valence-corrected chi connectivity index (χ2v) is 13.9. The molecular formula is C48H32N4O2. The lowest BCUT2D eigenvalue weighted by Gasteiger charge is -2.32. The first-order valence-electron chi connectivity index (χ1n) is 18.2. The van der Waals surface area contributed by atoms with Crippen LogP contribution < -0.4 is 10.6 Å². The standard InChI is InChI=1S/C48H32N4O2/c1-2-9-29(10-3-1)31-17-20-32(21-18-31)46-50-47(38-14-8-16-41-44(38)36-13-6-7-15-40(36)53-41)52-48(51-46)39-27-49-28-43-45(39)37-24-23-35(26-42(37)54-43)34-22-19-30-11-4-5-12-33(30)25-34/h1-28,46-47,50H,(H,51,52). The van der Waals surface area contributed by atoms with Crippen molar-refractivity contribution in [3.05, 3.63) is 187 Å². The van der Waals surface area contributed by atoms with Gasteiger partial charge in [-0.25, -0.2) is 4.99 Å². The molecule has 7 aromatic carbocycles. The number of aliphatic imine (C=N–C) groups is 1. The molecule has 0 saturated heterocycles. The topological polar surface area (TPSA) is 75.6 Å². The second-order valence-electron chi connectivity index (χ2n) is 13.9. The Morgan fingerprint density at radius 2 is 1.19 bits per heavy atom. The Hall–Kier alpha value is -7.02. The predicted molar refractivity (Wildman–Crippen MR) is 218 cm³/mol. The van der Waals surface area contributed by atoms with Gasteiger partial charge in [-0.1, -0.05) is 127 Å². The minimum atomic E-state index is -0.350. The molecule has 1 aliphatic rings. The van der Waals surface area contributed by atoms with Gasteiger partial charge in [0.05, 0.1) is 6.20 Å². The Bertz CT molecular complexity index is 3070. The van der Waals surface area contributed by atoms with Crippen molar-refractivity contribution in [1.29, 1.82) is 0 Å². The lowest BCUT2D eigenvalue weighted by Crippen LogP contribution is -2.45. The maximum Gasteiger partial charge on any atom is 0.154 e. The molecule has 4 heterocycles. The molecule has 0 aliphatic carbocycles. The first-order chi connectivity index (χ1) is 26.7. The number of amidine groups is 1. The molecule has 0 fully saturated rings. The maximum absolute atomic E-state index is 6.53. The lowest BCUT2D eigenvalue weighted by atomic mass is 9.99. The smallest absolute Gasteiger partial charge is 0.154 e. The number of nitrogens with zero attached hydrogens (tertiary/aromatic N) is 2. The summed E-state index contributed by atoms with van der Waals surface area (Å²) in [5.74, 6) is 0.736. The van der Waals surface area contributed by atoms with Crippen LogP contribution in [0.3, 0.4) is 0 Å². The minimum absolute atomic E-state index is 0.297. The number of para-hydroxylation sites is 1. The van der Waals surface area contributed by atoms with E-state index in [0.29, 0.717) is 5.58 Å². The summed E-state index contributed by atoms with van der Waals surface area (Å²) in [7, 11) is 0. The van der Waals surface area contributed by atoms with Gasteiger partial charge in [0.15, 0.2) is 5.58 Å². The van der Waals surface area contributed by atoms with Crippen molar-refractivity contribution in [2.24, 2.45) is 4.99 Å². The van der Waals surface area contributed by atoms with Crippen LogP contribution in [0.4, 0.5) is 0 Å². The Kier molecular flexibility index (Phi) is 6.97. The molecule has 2 N–H and O–H groups in total. The van der Waals surface area contributed by atoms with Gasteiger partial charge in [-0.2, -0.15) is 0 Å². The van der Waals surface area contributed by atoms with Crippen molar-refractivity contribution in [3.63, 3.8) is 0 Å². The molecule has 1 aliphatic heterocycles. The van der Waals surface area contributed by atoms with E-state index in [9.17, 15) is 0 Å². The summed E-state index contributed by atoms with van der Waals surface area (Å²) in [6, 6.07) is 55.0. The summed E-state index contributed by atoms with van der Waals surface area (Å²) >= 11 is 0. The molecule has 0 amide bonds. The summed E-state index contributed by atoms with van der Waals surface area (Å²) in [5, 5.41) is 14.2. The third kappa shape index (κ3) is 5.07. The van der Waals surface area contributed by atoms with Crippen LogP contribution in [0.25, 0.3) is 76.9 Å². The zero-order chi connectivity index (χ0) is 35.6. The zero-order valence-electron chi connectivity index (χ0n) is 29.0. The molecular weight excluding hydrogens is 665 g/mol. The SMILES string of the molecule is c1ccc(-c2ccc(C3N=C(c4cncc5oc6cc(-c7ccc8ccccc8c7)ccc6c45)NC(c4cccc5oc6ccccc6c45)N3)cc2)cc1. The molecule has 0 bridgehead atoms. The van der Waals surface area contributed by atoms with E-state index in [1.165, 1.54) is 16.3 Å². The van der Waals surface area contributed by atoms with E-state index in [-0.39, 0.29) is 12.3 Å². The highest BCUT2D eigenvalue weighted by molar-refractivity contribution is 6.18. The summed E-state index contributed by atoms with van der Waals surface area (Å²) < 4.78 is 12.8. The predicted octanol–water partition coefficient (Wildman–Crippen LogP) is 11.7. The number of pyridine rings is 1. The van der Waals surface area contributed by atoms with E-state index in [2.05, 4.69) is 149 Å². The number of furan rings is 2. The third-order valence-electron chi connectivity index (χ3n) is 10.7. The van der Waals surface area contributed by atoms with Crippen LogP contribution in [0.2, 0.25) is 0 Å². The van der Waals surface area contributed by atoms with Crippen molar-refractivity contribution in [2.45, 2.75) is 12.3 Å². The van der Waals surface area contributed by atoms with E-state index in [0.717, 1.165) is 77.5 Å². The van der Waals surface area contributed by atoms with E-state index >= 15 is 0 Å². The quantitative estimate of drug-likeness (QED) is 0.187. The normalized spacial score (nSPS) is 16.0.